The molecule has 0 amide bonds. The van der Waals surface area contributed by atoms with Crippen molar-refractivity contribution in [3.63, 3.8) is 0 Å². The Bertz CT molecular complexity index is 598. The van der Waals surface area contributed by atoms with Crippen molar-refractivity contribution in [2.24, 2.45) is 5.73 Å². The molecule has 1 aromatic carbocycles. The summed E-state index contributed by atoms with van der Waals surface area (Å²) in [7, 11) is 0. The first kappa shape index (κ1) is 14.3. The molecule has 0 aliphatic heterocycles. The van der Waals surface area contributed by atoms with E-state index in [-0.39, 0.29) is 5.84 Å². The van der Waals surface area contributed by atoms with Gasteiger partial charge in [0.25, 0.3) is 0 Å². The summed E-state index contributed by atoms with van der Waals surface area (Å²) in [6.45, 7) is 3.68. The Morgan fingerprint density at radius 2 is 2.00 bits per heavy atom. The largest absolute Gasteiger partial charge is 0.384 e. The summed E-state index contributed by atoms with van der Waals surface area (Å²) >= 11 is 6.31. The molecule has 0 atom stereocenters. The molecule has 20 heavy (non-hydrogen) atoms. The fraction of sp³-hybridized carbons (Fsp3) is 0.200. The second-order valence-corrected chi connectivity index (χ2v) is 4.86. The van der Waals surface area contributed by atoms with Crippen LogP contribution in [0.4, 0.5) is 5.69 Å². The molecule has 0 aliphatic rings. The lowest BCUT2D eigenvalue weighted by Gasteiger charge is -2.24. The van der Waals surface area contributed by atoms with E-state index >= 15 is 0 Å². The second kappa shape index (κ2) is 6.39. The number of pyridine rings is 1. The predicted molar refractivity (Wildman–Crippen MR) is 83.4 cm³/mol. The lowest BCUT2D eigenvalue weighted by atomic mass is 10.1. The minimum absolute atomic E-state index is 0.0237. The summed E-state index contributed by atoms with van der Waals surface area (Å²) < 4.78 is 0. The molecule has 3 N–H and O–H groups in total. The Morgan fingerprint density at radius 3 is 2.55 bits per heavy atom. The molecular formula is C15H17ClN4. The van der Waals surface area contributed by atoms with E-state index < -0.39 is 0 Å². The Labute approximate surface area is 123 Å². The number of nitrogens with zero attached hydrogens (tertiary/aromatic N) is 2. The Kier molecular flexibility index (Phi) is 4.58. The van der Waals surface area contributed by atoms with Crippen LogP contribution in [0.3, 0.4) is 0 Å². The van der Waals surface area contributed by atoms with Gasteiger partial charge in [-0.2, -0.15) is 0 Å². The van der Waals surface area contributed by atoms with Crippen LogP contribution >= 0.6 is 11.6 Å². The Balaban J connectivity index is 2.26. The molecule has 0 saturated carbocycles. The third-order valence-corrected chi connectivity index (χ3v) is 3.41. The van der Waals surface area contributed by atoms with Gasteiger partial charge in [-0.15, -0.1) is 0 Å². The van der Waals surface area contributed by atoms with Crippen LogP contribution in [0.5, 0.6) is 0 Å². The average molecular weight is 289 g/mol. The lowest BCUT2D eigenvalue weighted by Crippen LogP contribution is -2.22. The van der Waals surface area contributed by atoms with E-state index in [1.165, 1.54) is 5.56 Å². The molecule has 1 heterocycles. The third-order valence-electron chi connectivity index (χ3n) is 3.10. The van der Waals surface area contributed by atoms with Crippen LogP contribution in [-0.4, -0.2) is 17.4 Å². The number of benzene rings is 1. The summed E-state index contributed by atoms with van der Waals surface area (Å²) in [5, 5.41) is 8.04. The summed E-state index contributed by atoms with van der Waals surface area (Å²) in [5.74, 6) is 0.0237. The highest BCUT2D eigenvalue weighted by molar-refractivity contribution is 6.33. The molecule has 0 bridgehead atoms. The van der Waals surface area contributed by atoms with Crippen molar-refractivity contribution < 1.29 is 0 Å². The molecule has 5 heteroatoms. The van der Waals surface area contributed by atoms with Gasteiger partial charge in [0.05, 0.1) is 10.7 Å². The quantitative estimate of drug-likeness (QED) is 0.656. The van der Waals surface area contributed by atoms with Crippen molar-refractivity contribution in [3.05, 3.63) is 58.9 Å². The van der Waals surface area contributed by atoms with E-state index in [1.807, 2.05) is 24.3 Å². The summed E-state index contributed by atoms with van der Waals surface area (Å²) in [6, 6.07) is 9.43. The number of amidine groups is 1. The Hall–Kier alpha value is -2.07. The molecule has 0 radical (unpaired) electrons. The molecule has 104 valence electrons. The number of aromatic nitrogens is 1. The van der Waals surface area contributed by atoms with Crippen LogP contribution in [0.25, 0.3) is 0 Å². The molecule has 4 nitrogen and oxygen atoms in total. The minimum atomic E-state index is 0.0237. The van der Waals surface area contributed by atoms with Gasteiger partial charge in [0.15, 0.2) is 0 Å². The van der Waals surface area contributed by atoms with Crippen LogP contribution in [0, 0.1) is 5.41 Å². The normalized spacial score (nSPS) is 10.3. The van der Waals surface area contributed by atoms with Gasteiger partial charge in [0.1, 0.15) is 5.84 Å². The van der Waals surface area contributed by atoms with E-state index in [2.05, 4.69) is 16.8 Å². The van der Waals surface area contributed by atoms with Crippen LogP contribution < -0.4 is 10.6 Å². The van der Waals surface area contributed by atoms with Gasteiger partial charge in [-0.05, 0) is 42.8 Å². The number of halogens is 1. The first-order chi connectivity index (χ1) is 9.61. The maximum atomic E-state index is 7.43. The topological polar surface area (TPSA) is 66.0 Å². The van der Waals surface area contributed by atoms with E-state index in [4.69, 9.17) is 22.7 Å². The third kappa shape index (κ3) is 3.27. The van der Waals surface area contributed by atoms with Gasteiger partial charge in [-0.25, -0.2) is 0 Å². The second-order valence-electron chi connectivity index (χ2n) is 4.45. The Morgan fingerprint density at radius 1 is 1.30 bits per heavy atom. The zero-order valence-corrected chi connectivity index (χ0v) is 12.1. The number of anilines is 1. The van der Waals surface area contributed by atoms with E-state index in [0.717, 1.165) is 18.8 Å². The van der Waals surface area contributed by atoms with E-state index in [9.17, 15) is 0 Å². The monoisotopic (exact) mass is 288 g/mol. The van der Waals surface area contributed by atoms with Crippen LogP contribution in [0.15, 0.2) is 42.7 Å². The molecular weight excluding hydrogens is 272 g/mol. The van der Waals surface area contributed by atoms with Crippen LogP contribution in [-0.2, 0) is 6.54 Å². The summed E-state index contributed by atoms with van der Waals surface area (Å²) in [4.78, 5) is 6.19. The van der Waals surface area contributed by atoms with Gasteiger partial charge < -0.3 is 10.6 Å². The number of rotatable bonds is 5. The fourth-order valence-electron chi connectivity index (χ4n) is 2.01. The zero-order chi connectivity index (χ0) is 14.5. The number of hydrogen-bond acceptors (Lipinski definition) is 3. The van der Waals surface area contributed by atoms with Gasteiger partial charge in [0.2, 0.25) is 0 Å². The number of nitrogens with one attached hydrogen (secondary N) is 1. The van der Waals surface area contributed by atoms with Gasteiger partial charge in [0, 0.05) is 31.0 Å². The fourth-order valence-corrected chi connectivity index (χ4v) is 2.31. The number of nitrogens with two attached hydrogens (primary N) is 1. The standard InChI is InChI=1S/C15H17ClN4/c1-2-20(10-11-5-7-19-8-6-11)14-4-3-12(15(17)18)9-13(14)16/h3-9H,2,10H2,1H3,(H3,17,18). The first-order valence-electron chi connectivity index (χ1n) is 6.39. The van der Waals surface area contributed by atoms with Crippen molar-refractivity contribution in [1.82, 2.24) is 4.98 Å². The van der Waals surface area contributed by atoms with Gasteiger partial charge in [-0.1, -0.05) is 11.6 Å². The maximum Gasteiger partial charge on any atom is 0.122 e. The van der Waals surface area contributed by atoms with Crippen molar-refractivity contribution in [1.29, 1.82) is 5.41 Å². The van der Waals surface area contributed by atoms with E-state index in [1.54, 1.807) is 18.5 Å². The van der Waals surface area contributed by atoms with Gasteiger partial charge in [-0.3, -0.25) is 10.4 Å². The zero-order valence-electron chi connectivity index (χ0n) is 11.3. The summed E-state index contributed by atoms with van der Waals surface area (Å²) in [5.41, 5.74) is 8.22. The van der Waals surface area contributed by atoms with Gasteiger partial charge >= 0.3 is 0 Å². The van der Waals surface area contributed by atoms with Crippen molar-refractivity contribution in [2.75, 3.05) is 11.4 Å². The lowest BCUT2D eigenvalue weighted by molar-refractivity contribution is 0.830. The van der Waals surface area contributed by atoms with E-state index in [0.29, 0.717) is 10.6 Å². The van der Waals surface area contributed by atoms with Crippen LogP contribution in [0.1, 0.15) is 18.1 Å². The molecule has 1 aromatic heterocycles. The molecule has 0 aliphatic carbocycles. The molecule has 0 spiro atoms. The average Bonchev–Trinajstić information content (AvgIpc) is 2.46. The number of nitrogen functional groups attached to an aromatic ring is 1. The van der Waals surface area contributed by atoms with Crippen molar-refractivity contribution in [3.8, 4) is 0 Å². The predicted octanol–water partition coefficient (Wildman–Crippen LogP) is 3.05. The molecule has 0 saturated heterocycles. The SMILES string of the molecule is CCN(Cc1ccncc1)c1ccc(C(=N)N)cc1Cl. The van der Waals surface area contributed by atoms with Crippen molar-refractivity contribution >= 4 is 23.1 Å². The molecule has 0 unspecified atom stereocenters. The van der Waals surface area contributed by atoms with Crippen LogP contribution in [0.2, 0.25) is 5.02 Å². The highest BCUT2D eigenvalue weighted by Gasteiger charge is 2.10. The number of hydrogen-bond donors (Lipinski definition) is 2. The smallest absolute Gasteiger partial charge is 0.122 e. The highest BCUT2D eigenvalue weighted by Crippen LogP contribution is 2.28. The molecule has 2 aromatic rings. The minimum Gasteiger partial charge on any atom is -0.384 e. The summed E-state index contributed by atoms with van der Waals surface area (Å²) in [6.07, 6.45) is 3.56. The first-order valence-corrected chi connectivity index (χ1v) is 6.77. The molecule has 0 fully saturated rings. The van der Waals surface area contributed by atoms with Crippen molar-refractivity contribution in [2.45, 2.75) is 13.5 Å². The highest BCUT2D eigenvalue weighted by atomic mass is 35.5. The maximum absolute atomic E-state index is 7.43. The molecule has 2 rings (SSSR count).